The Morgan fingerprint density at radius 1 is 1.25 bits per heavy atom. The molecular weight excluding hydrogens is 319 g/mol. The zero-order chi connectivity index (χ0) is 15.3. The standard InChI is InChI=1S/C16H26BrFN2/c1-5-16(4,20(6-2)7-3)15(19)10-12-8-13(17)11-14(18)9-12/h8-9,11,15H,5-7,10,19H2,1-4H3. The van der Waals surface area contributed by atoms with E-state index in [0.717, 1.165) is 29.5 Å². The number of rotatable bonds is 7. The molecule has 0 saturated heterocycles. The van der Waals surface area contributed by atoms with Gasteiger partial charge in [-0.3, -0.25) is 4.90 Å². The summed E-state index contributed by atoms with van der Waals surface area (Å²) in [5.41, 5.74) is 7.34. The van der Waals surface area contributed by atoms with Crippen molar-refractivity contribution in [3.8, 4) is 0 Å². The highest BCUT2D eigenvalue weighted by atomic mass is 79.9. The summed E-state index contributed by atoms with van der Waals surface area (Å²) >= 11 is 3.34. The number of nitrogens with zero attached hydrogens (tertiary/aromatic N) is 1. The van der Waals surface area contributed by atoms with E-state index in [-0.39, 0.29) is 17.4 Å². The van der Waals surface area contributed by atoms with Gasteiger partial charge in [0.2, 0.25) is 0 Å². The number of hydrogen-bond donors (Lipinski definition) is 1. The third-order valence-corrected chi connectivity index (χ3v) is 4.84. The van der Waals surface area contributed by atoms with Gasteiger partial charge in [-0.25, -0.2) is 4.39 Å². The highest BCUT2D eigenvalue weighted by Gasteiger charge is 2.34. The molecule has 4 heteroatoms. The third kappa shape index (κ3) is 4.03. The summed E-state index contributed by atoms with van der Waals surface area (Å²) in [5.74, 6) is -0.220. The number of halogens is 2. The fraction of sp³-hybridized carbons (Fsp3) is 0.625. The van der Waals surface area contributed by atoms with Gasteiger partial charge < -0.3 is 5.73 Å². The van der Waals surface area contributed by atoms with Crippen molar-refractivity contribution in [2.45, 2.75) is 52.1 Å². The molecule has 20 heavy (non-hydrogen) atoms. The van der Waals surface area contributed by atoms with Crippen LogP contribution < -0.4 is 5.73 Å². The molecule has 0 aliphatic rings. The highest BCUT2D eigenvalue weighted by molar-refractivity contribution is 9.10. The fourth-order valence-electron chi connectivity index (χ4n) is 2.87. The molecule has 2 atom stereocenters. The predicted molar refractivity (Wildman–Crippen MR) is 87.4 cm³/mol. The summed E-state index contributed by atoms with van der Waals surface area (Å²) in [7, 11) is 0. The molecule has 0 amide bonds. The number of nitrogens with two attached hydrogens (primary N) is 1. The van der Waals surface area contributed by atoms with Crippen LogP contribution >= 0.6 is 15.9 Å². The molecule has 2 nitrogen and oxygen atoms in total. The third-order valence-electron chi connectivity index (χ3n) is 4.38. The van der Waals surface area contributed by atoms with Crippen LogP contribution in [-0.4, -0.2) is 29.6 Å². The summed E-state index contributed by atoms with van der Waals surface area (Å²) in [6, 6.07) is 4.96. The van der Waals surface area contributed by atoms with E-state index in [1.165, 1.54) is 6.07 Å². The van der Waals surface area contributed by atoms with E-state index in [2.05, 4.69) is 48.5 Å². The van der Waals surface area contributed by atoms with Gasteiger partial charge in [0.05, 0.1) is 0 Å². The minimum absolute atomic E-state index is 0.0268. The maximum atomic E-state index is 13.5. The van der Waals surface area contributed by atoms with Gasteiger partial charge >= 0.3 is 0 Å². The van der Waals surface area contributed by atoms with E-state index in [1.54, 1.807) is 6.07 Å². The second-order valence-corrected chi connectivity index (χ2v) is 6.39. The van der Waals surface area contributed by atoms with Crippen molar-refractivity contribution < 1.29 is 4.39 Å². The lowest BCUT2D eigenvalue weighted by molar-refractivity contribution is 0.0845. The van der Waals surface area contributed by atoms with E-state index >= 15 is 0 Å². The normalized spacial score (nSPS) is 16.2. The molecule has 0 fully saturated rings. The van der Waals surface area contributed by atoms with Gasteiger partial charge in [0.15, 0.2) is 0 Å². The molecule has 1 aromatic carbocycles. The molecule has 0 aromatic heterocycles. The minimum Gasteiger partial charge on any atom is -0.326 e. The summed E-state index contributed by atoms with van der Waals surface area (Å²) in [6.07, 6.45) is 1.66. The van der Waals surface area contributed by atoms with Crippen LogP contribution in [0.15, 0.2) is 22.7 Å². The summed E-state index contributed by atoms with van der Waals surface area (Å²) < 4.78 is 14.2. The van der Waals surface area contributed by atoms with Crippen LogP contribution in [0.1, 0.15) is 39.7 Å². The Balaban J connectivity index is 2.94. The Kier molecular flexibility index (Phi) is 6.62. The average molecular weight is 345 g/mol. The van der Waals surface area contributed by atoms with Crippen molar-refractivity contribution in [3.63, 3.8) is 0 Å². The van der Waals surface area contributed by atoms with Crippen LogP contribution in [0.5, 0.6) is 0 Å². The Labute approximate surface area is 130 Å². The van der Waals surface area contributed by atoms with Gasteiger partial charge in [-0.15, -0.1) is 0 Å². The van der Waals surface area contributed by atoms with Gasteiger partial charge in [-0.1, -0.05) is 36.7 Å². The minimum atomic E-state index is -0.220. The summed E-state index contributed by atoms with van der Waals surface area (Å²) in [4.78, 5) is 2.39. The zero-order valence-corrected chi connectivity index (χ0v) is 14.5. The summed E-state index contributed by atoms with van der Waals surface area (Å²) in [5, 5.41) is 0. The lowest BCUT2D eigenvalue weighted by Gasteiger charge is -2.44. The van der Waals surface area contributed by atoms with E-state index in [4.69, 9.17) is 5.73 Å². The molecule has 0 saturated carbocycles. The molecule has 0 heterocycles. The molecule has 114 valence electrons. The molecule has 0 aliphatic heterocycles. The smallest absolute Gasteiger partial charge is 0.124 e. The SMILES string of the molecule is CCN(CC)C(C)(CC)C(N)Cc1cc(F)cc(Br)c1. The van der Waals surface area contributed by atoms with E-state index in [0.29, 0.717) is 6.42 Å². The molecule has 1 aromatic rings. The monoisotopic (exact) mass is 344 g/mol. The summed E-state index contributed by atoms with van der Waals surface area (Å²) in [6.45, 7) is 10.6. The first-order valence-corrected chi connectivity index (χ1v) is 8.12. The van der Waals surface area contributed by atoms with Crippen molar-refractivity contribution in [2.75, 3.05) is 13.1 Å². The predicted octanol–water partition coefficient (Wildman–Crippen LogP) is 3.97. The van der Waals surface area contributed by atoms with E-state index in [9.17, 15) is 4.39 Å². The number of benzene rings is 1. The molecular formula is C16H26BrFN2. The Bertz CT molecular complexity index is 414. The molecule has 0 radical (unpaired) electrons. The zero-order valence-electron chi connectivity index (χ0n) is 12.9. The van der Waals surface area contributed by atoms with Crippen LogP contribution in [0.3, 0.4) is 0 Å². The highest BCUT2D eigenvalue weighted by Crippen LogP contribution is 2.26. The molecule has 2 N–H and O–H groups in total. The molecule has 1 rings (SSSR count). The van der Waals surface area contributed by atoms with Gasteiger partial charge in [0, 0.05) is 16.1 Å². The maximum absolute atomic E-state index is 13.5. The lowest BCUT2D eigenvalue weighted by Crippen LogP contribution is -2.58. The lowest BCUT2D eigenvalue weighted by atomic mass is 9.84. The molecule has 2 unspecified atom stereocenters. The Hall–Kier alpha value is -0.450. The average Bonchev–Trinajstić information content (AvgIpc) is 2.38. The van der Waals surface area contributed by atoms with Gasteiger partial charge in [-0.2, -0.15) is 0 Å². The van der Waals surface area contributed by atoms with Gasteiger partial charge in [-0.05, 0) is 56.6 Å². The largest absolute Gasteiger partial charge is 0.326 e. The first kappa shape index (κ1) is 17.6. The van der Waals surface area contributed by atoms with Crippen LogP contribution in [0.4, 0.5) is 4.39 Å². The fourth-order valence-corrected chi connectivity index (χ4v) is 3.38. The van der Waals surface area contributed by atoms with Crippen molar-refractivity contribution >= 4 is 15.9 Å². The van der Waals surface area contributed by atoms with Crippen molar-refractivity contribution in [2.24, 2.45) is 5.73 Å². The van der Waals surface area contributed by atoms with Crippen molar-refractivity contribution in [1.29, 1.82) is 0 Å². The number of hydrogen-bond acceptors (Lipinski definition) is 2. The Morgan fingerprint density at radius 3 is 2.30 bits per heavy atom. The van der Waals surface area contributed by atoms with E-state index < -0.39 is 0 Å². The topological polar surface area (TPSA) is 29.3 Å². The van der Waals surface area contributed by atoms with Crippen molar-refractivity contribution in [1.82, 2.24) is 4.90 Å². The molecule has 0 spiro atoms. The van der Waals surface area contributed by atoms with Crippen LogP contribution in [0.2, 0.25) is 0 Å². The second kappa shape index (κ2) is 7.53. The van der Waals surface area contributed by atoms with E-state index in [1.807, 2.05) is 6.07 Å². The van der Waals surface area contributed by atoms with Crippen LogP contribution in [-0.2, 0) is 6.42 Å². The molecule has 0 bridgehead atoms. The van der Waals surface area contributed by atoms with Gasteiger partial charge in [0.25, 0.3) is 0 Å². The van der Waals surface area contributed by atoms with Crippen LogP contribution in [0.25, 0.3) is 0 Å². The molecule has 0 aliphatic carbocycles. The Morgan fingerprint density at radius 2 is 1.85 bits per heavy atom. The van der Waals surface area contributed by atoms with Crippen molar-refractivity contribution in [3.05, 3.63) is 34.1 Å². The van der Waals surface area contributed by atoms with Crippen LogP contribution in [0, 0.1) is 5.82 Å². The second-order valence-electron chi connectivity index (χ2n) is 5.47. The maximum Gasteiger partial charge on any atom is 0.124 e. The number of likely N-dealkylation sites (N-methyl/N-ethyl adjacent to an activating group) is 1. The quantitative estimate of drug-likeness (QED) is 0.810. The van der Waals surface area contributed by atoms with Gasteiger partial charge in [0.1, 0.15) is 5.82 Å². The first-order valence-electron chi connectivity index (χ1n) is 7.32. The first-order chi connectivity index (χ1) is 9.37.